The number of ether oxygens (including phenoxy) is 1. The van der Waals surface area contributed by atoms with Gasteiger partial charge in [0.2, 0.25) is 0 Å². The van der Waals surface area contributed by atoms with E-state index in [1.54, 1.807) is 11.3 Å². The Labute approximate surface area is 125 Å². The first-order chi connectivity index (χ1) is 10.3. The van der Waals surface area contributed by atoms with E-state index in [0.717, 1.165) is 10.9 Å². The molecule has 0 fully saturated rings. The van der Waals surface area contributed by atoms with Crippen LogP contribution in [0.1, 0.15) is 17.4 Å². The van der Waals surface area contributed by atoms with Crippen LogP contribution in [0.4, 0.5) is 0 Å². The van der Waals surface area contributed by atoms with Crippen LogP contribution in [0.2, 0.25) is 0 Å². The van der Waals surface area contributed by atoms with E-state index >= 15 is 0 Å². The fourth-order valence-electron chi connectivity index (χ4n) is 2.67. The molecular weight excluding hydrogens is 282 g/mol. The summed E-state index contributed by atoms with van der Waals surface area (Å²) < 4.78 is 7.56. The van der Waals surface area contributed by atoms with E-state index in [1.807, 2.05) is 13.0 Å². The molecule has 104 valence electrons. The number of aromatic nitrogens is 1. The van der Waals surface area contributed by atoms with E-state index < -0.39 is 0 Å². The minimum atomic E-state index is -0.304. The average Bonchev–Trinajstić information content (AvgIpc) is 3.05. The molecule has 3 nitrogen and oxygen atoms in total. The third kappa shape index (κ3) is 1.91. The number of carbonyl (C=O) groups is 1. The lowest BCUT2D eigenvalue weighted by molar-refractivity contribution is 0.0520. The van der Waals surface area contributed by atoms with Gasteiger partial charge in [0.15, 0.2) is 0 Å². The zero-order valence-electron chi connectivity index (χ0n) is 11.5. The molecular formula is C17H13NO2S. The molecule has 4 rings (SSSR count). The Balaban J connectivity index is 1.96. The minimum absolute atomic E-state index is 0.304. The SMILES string of the molecule is CCOC(=O)c1cc2cc3sc4ccccc4c3cc2[nH]1. The van der Waals surface area contributed by atoms with E-state index in [9.17, 15) is 4.79 Å². The molecule has 4 heteroatoms. The Bertz CT molecular complexity index is 980. The highest BCUT2D eigenvalue weighted by Crippen LogP contribution is 2.36. The third-order valence-electron chi connectivity index (χ3n) is 3.61. The molecule has 2 aromatic heterocycles. The Morgan fingerprint density at radius 1 is 1.14 bits per heavy atom. The second-order valence-corrected chi connectivity index (χ2v) is 6.02. The summed E-state index contributed by atoms with van der Waals surface area (Å²) in [5, 5.41) is 3.52. The summed E-state index contributed by atoms with van der Waals surface area (Å²) in [6.45, 7) is 2.19. The predicted octanol–water partition coefficient (Wildman–Crippen LogP) is 4.71. The van der Waals surface area contributed by atoms with Gasteiger partial charge in [0.1, 0.15) is 5.69 Å². The maximum atomic E-state index is 11.8. The van der Waals surface area contributed by atoms with Crippen LogP contribution in [0.25, 0.3) is 31.1 Å². The van der Waals surface area contributed by atoms with E-state index in [-0.39, 0.29) is 5.97 Å². The molecule has 0 aliphatic carbocycles. The van der Waals surface area contributed by atoms with Crippen LogP contribution in [0, 0.1) is 0 Å². The fourth-order valence-corrected chi connectivity index (χ4v) is 3.81. The zero-order valence-corrected chi connectivity index (χ0v) is 12.3. The van der Waals surface area contributed by atoms with Gasteiger partial charge in [0.05, 0.1) is 6.61 Å². The number of rotatable bonds is 2. The van der Waals surface area contributed by atoms with Crippen molar-refractivity contribution in [1.82, 2.24) is 4.98 Å². The number of aromatic amines is 1. The van der Waals surface area contributed by atoms with Gasteiger partial charge in [-0.05, 0) is 31.2 Å². The summed E-state index contributed by atoms with van der Waals surface area (Å²) in [6.07, 6.45) is 0. The minimum Gasteiger partial charge on any atom is -0.461 e. The second-order valence-electron chi connectivity index (χ2n) is 4.94. The molecule has 4 aromatic rings. The van der Waals surface area contributed by atoms with Crippen LogP contribution in [-0.4, -0.2) is 17.6 Å². The van der Waals surface area contributed by atoms with Crippen molar-refractivity contribution in [3.63, 3.8) is 0 Å². The monoisotopic (exact) mass is 295 g/mol. The highest BCUT2D eigenvalue weighted by molar-refractivity contribution is 7.25. The van der Waals surface area contributed by atoms with Crippen molar-refractivity contribution in [2.75, 3.05) is 6.61 Å². The smallest absolute Gasteiger partial charge is 0.354 e. The third-order valence-corrected chi connectivity index (χ3v) is 4.75. The second kappa shape index (κ2) is 4.60. The van der Waals surface area contributed by atoms with Crippen molar-refractivity contribution >= 4 is 48.4 Å². The molecule has 0 unspecified atom stereocenters. The molecule has 0 atom stereocenters. The van der Waals surface area contributed by atoms with E-state index in [4.69, 9.17) is 4.74 Å². The van der Waals surface area contributed by atoms with Gasteiger partial charge >= 0.3 is 5.97 Å². The normalized spacial score (nSPS) is 11.5. The molecule has 0 bridgehead atoms. The molecule has 0 aliphatic heterocycles. The molecule has 0 saturated heterocycles. The number of fused-ring (bicyclic) bond motifs is 4. The van der Waals surface area contributed by atoms with E-state index in [1.165, 1.54) is 20.2 Å². The van der Waals surface area contributed by atoms with Crippen LogP contribution in [0.15, 0.2) is 42.5 Å². The molecule has 2 aromatic carbocycles. The molecule has 2 heterocycles. The molecule has 21 heavy (non-hydrogen) atoms. The van der Waals surface area contributed by atoms with Crippen molar-refractivity contribution in [2.24, 2.45) is 0 Å². The van der Waals surface area contributed by atoms with Crippen LogP contribution < -0.4 is 0 Å². The largest absolute Gasteiger partial charge is 0.461 e. The fraction of sp³-hybridized carbons (Fsp3) is 0.118. The number of hydrogen-bond acceptors (Lipinski definition) is 3. The first-order valence-corrected chi connectivity index (χ1v) is 7.69. The summed E-state index contributed by atoms with van der Waals surface area (Å²) in [4.78, 5) is 15.0. The first kappa shape index (κ1) is 12.4. The van der Waals surface area contributed by atoms with E-state index in [2.05, 4.69) is 41.4 Å². The summed E-state index contributed by atoms with van der Waals surface area (Å²) in [5.74, 6) is -0.304. The molecule has 0 saturated carbocycles. The highest BCUT2D eigenvalue weighted by Gasteiger charge is 2.12. The Morgan fingerprint density at radius 3 is 2.86 bits per heavy atom. The lowest BCUT2D eigenvalue weighted by atomic mass is 10.1. The molecule has 0 aliphatic rings. The number of H-pyrrole nitrogens is 1. The van der Waals surface area contributed by atoms with Crippen molar-refractivity contribution in [2.45, 2.75) is 6.92 Å². The molecule has 1 N–H and O–H groups in total. The van der Waals surface area contributed by atoms with Gasteiger partial charge in [-0.1, -0.05) is 18.2 Å². The van der Waals surface area contributed by atoms with Gasteiger partial charge in [-0.25, -0.2) is 4.79 Å². The Hall–Kier alpha value is -2.33. The van der Waals surface area contributed by atoms with Crippen LogP contribution in [-0.2, 0) is 4.74 Å². The Kier molecular flexibility index (Phi) is 2.72. The molecule has 0 radical (unpaired) electrons. The lowest BCUT2D eigenvalue weighted by Gasteiger charge is -1.96. The molecule has 0 amide bonds. The summed E-state index contributed by atoms with van der Waals surface area (Å²) in [5.41, 5.74) is 1.47. The van der Waals surface area contributed by atoms with E-state index in [0.29, 0.717) is 12.3 Å². The maximum Gasteiger partial charge on any atom is 0.354 e. The van der Waals surface area contributed by atoms with Gasteiger partial charge < -0.3 is 9.72 Å². The maximum absolute atomic E-state index is 11.8. The Morgan fingerprint density at radius 2 is 2.00 bits per heavy atom. The summed E-state index contributed by atoms with van der Waals surface area (Å²) in [7, 11) is 0. The topological polar surface area (TPSA) is 42.1 Å². The number of hydrogen-bond donors (Lipinski definition) is 1. The van der Waals surface area contributed by atoms with Crippen molar-refractivity contribution in [3.8, 4) is 0 Å². The zero-order chi connectivity index (χ0) is 14.4. The summed E-state index contributed by atoms with van der Waals surface area (Å²) >= 11 is 1.77. The van der Waals surface area contributed by atoms with Crippen LogP contribution in [0.3, 0.4) is 0 Å². The number of benzene rings is 2. The van der Waals surface area contributed by atoms with Crippen LogP contribution in [0.5, 0.6) is 0 Å². The van der Waals surface area contributed by atoms with Gasteiger partial charge in [-0.15, -0.1) is 11.3 Å². The number of thiophene rings is 1. The molecule has 0 spiro atoms. The number of esters is 1. The van der Waals surface area contributed by atoms with Crippen molar-refractivity contribution in [3.05, 3.63) is 48.2 Å². The lowest BCUT2D eigenvalue weighted by Crippen LogP contribution is -2.04. The van der Waals surface area contributed by atoms with Gasteiger partial charge in [-0.2, -0.15) is 0 Å². The highest BCUT2D eigenvalue weighted by atomic mass is 32.1. The average molecular weight is 295 g/mol. The quantitative estimate of drug-likeness (QED) is 0.544. The van der Waals surface area contributed by atoms with Gasteiger partial charge in [-0.3, -0.25) is 0 Å². The van der Waals surface area contributed by atoms with Crippen LogP contribution >= 0.6 is 11.3 Å². The first-order valence-electron chi connectivity index (χ1n) is 6.87. The van der Waals surface area contributed by atoms with Gasteiger partial charge in [0.25, 0.3) is 0 Å². The van der Waals surface area contributed by atoms with Crippen molar-refractivity contribution in [1.29, 1.82) is 0 Å². The standard InChI is InChI=1S/C17H13NO2S/c1-2-20-17(19)14-7-10-8-16-12(9-13(10)18-14)11-5-3-4-6-15(11)21-16/h3-9,18H,2H2,1H3. The number of carbonyl (C=O) groups excluding carboxylic acids is 1. The number of nitrogens with one attached hydrogen (secondary N) is 1. The predicted molar refractivity (Wildman–Crippen MR) is 87.1 cm³/mol. The summed E-state index contributed by atoms with van der Waals surface area (Å²) in [6, 6.07) is 14.5. The van der Waals surface area contributed by atoms with Crippen molar-refractivity contribution < 1.29 is 9.53 Å². The van der Waals surface area contributed by atoms with Gasteiger partial charge in [0, 0.05) is 31.1 Å².